The van der Waals surface area contributed by atoms with Gasteiger partial charge in [0.1, 0.15) is 40.7 Å². The Kier molecular flexibility index (Phi) is 18.8. The number of benzene rings is 1. The molecule has 25 heteroatoms. The predicted octanol–water partition coefficient (Wildman–Crippen LogP) is 4.71. The van der Waals surface area contributed by atoms with E-state index in [1.165, 1.54) is 55.8 Å². The quantitative estimate of drug-likeness (QED) is 0.0505. The van der Waals surface area contributed by atoms with Crippen LogP contribution in [0.4, 0.5) is 10.5 Å². The molecular weight excluding hydrogens is 1010 g/mol. The molecule has 71 heavy (non-hydrogen) atoms. The van der Waals surface area contributed by atoms with Crippen molar-refractivity contribution in [3.63, 3.8) is 0 Å². The van der Waals surface area contributed by atoms with Crippen LogP contribution in [0.2, 0.25) is 5.02 Å². The standard InChI is InChI=1S/C46H63ClN4O17S3/c1-25-12-11-13-33(64-10)46(59)24-31(65-43(58)48-46)26(2)40-45(6,67-40)34(23-38(55)50(8)29-21-28(20-25)22-30(63-9)39(29)47)66-41(56)27(3)49(7)35(52)16-18-44(4,5)70-69-19-17-32(71(60,61)62)42(57)68-51-36(53)14-15-37(51)54/h11-13,21-22,26-27,31-34,40,59H,14-20,23-24H2,1-10H3,(H,48,58)(H,60,61,62)/b13-11+,25-12-/t26-,27+,31+,32?,33-,34+,40+,45+,46+/m1/s1. The van der Waals surface area contributed by atoms with Crippen LogP contribution >= 0.6 is 33.2 Å². The van der Waals surface area contributed by atoms with E-state index >= 15 is 0 Å². The molecule has 1 aromatic carbocycles. The largest absolute Gasteiger partial charge is 0.495 e. The maximum Gasteiger partial charge on any atom is 0.409 e. The zero-order valence-electron chi connectivity index (χ0n) is 41.3. The number of anilines is 1. The molecule has 0 radical (unpaired) electrons. The number of rotatable bonds is 16. The Hall–Kier alpha value is -4.43. The fourth-order valence-corrected chi connectivity index (χ4v) is 12.2. The second kappa shape index (κ2) is 23.2. The third-order valence-corrected chi connectivity index (χ3v) is 17.9. The van der Waals surface area contributed by atoms with Gasteiger partial charge in [-0.25, -0.2) is 14.4 Å². The van der Waals surface area contributed by atoms with E-state index in [0.29, 0.717) is 17.9 Å². The third kappa shape index (κ3) is 14.0. The second-order valence-electron chi connectivity index (χ2n) is 18.9. The highest BCUT2D eigenvalue weighted by atomic mass is 35.5. The van der Waals surface area contributed by atoms with Gasteiger partial charge in [-0.05, 0) is 71.6 Å². The molecule has 0 aliphatic carbocycles. The SMILES string of the molecule is COc1cc2cc(c1Cl)N(C)C(=O)C[C@H](OC(=O)[C@H](C)N(C)C(=O)CCC(C)(C)SSCCC(C(=O)ON1C(=O)CCC1=O)S(=O)(=O)O)[C@]1(C)O[C@H]1[C@H](C)[C@@H]1C[C@@](O)(NC(=O)O1)[C@H](OC)/C=C/C=C(/C)C2. The normalized spacial score (nSPS) is 28.4. The molecule has 9 atom stereocenters. The van der Waals surface area contributed by atoms with Gasteiger partial charge in [-0.2, -0.15) is 8.42 Å². The van der Waals surface area contributed by atoms with Gasteiger partial charge >= 0.3 is 18.0 Å². The van der Waals surface area contributed by atoms with Gasteiger partial charge in [-0.15, -0.1) is 5.06 Å². The van der Waals surface area contributed by atoms with E-state index in [4.69, 9.17) is 40.1 Å². The fraction of sp³-hybridized carbons (Fsp3) is 0.630. The summed E-state index contributed by atoms with van der Waals surface area (Å²) >= 11 is 6.80. The van der Waals surface area contributed by atoms with Crippen molar-refractivity contribution in [1.29, 1.82) is 0 Å². The summed E-state index contributed by atoms with van der Waals surface area (Å²) in [6.45, 7) is 10.4. The first-order valence-electron chi connectivity index (χ1n) is 22.7. The molecule has 4 aliphatic heterocycles. The Morgan fingerprint density at radius 1 is 1.10 bits per heavy atom. The van der Waals surface area contributed by atoms with Crippen molar-refractivity contribution in [2.24, 2.45) is 5.92 Å². The lowest BCUT2D eigenvalue weighted by atomic mass is 9.83. The van der Waals surface area contributed by atoms with Crippen LogP contribution in [0.15, 0.2) is 35.9 Å². The number of esters is 1. The summed E-state index contributed by atoms with van der Waals surface area (Å²) in [4.78, 5) is 98.6. The molecule has 21 nitrogen and oxygen atoms in total. The summed E-state index contributed by atoms with van der Waals surface area (Å²) in [6, 6.07) is 2.34. The molecule has 0 aromatic heterocycles. The fourth-order valence-electron chi connectivity index (χ4n) is 8.40. The first kappa shape index (κ1) is 57.5. The number of imide groups is 1. The molecule has 3 N–H and O–H groups in total. The molecule has 3 saturated heterocycles. The van der Waals surface area contributed by atoms with Crippen molar-refractivity contribution in [3.8, 4) is 5.75 Å². The summed E-state index contributed by atoms with van der Waals surface area (Å²) in [5.74, 6) is -5.17. The van der Waals surface area contributed by atoms with E-state index in [1.54, 1.807) is 38.1 Å². The molecule has 5 amide bonds. The Morgan fingerprint density at radius 2 is 1.76 bits per heavy atom. The van der Waals surface area contributed by atoms with E-state index in [0.717, 1.165) is 21.9 Å². The number of carbonyl (C=O) groups excluding carboxylic acids is 7. The molecule has 4 bridgehead atoms. The summed E-state index contributed by atoms with van der Waals surface area (Å²) in [5.41, 5.74) is -1.27. The minimum absolute atomic E-state index is 0.00994. The molecule has 3 fully saturated rings. The number of carbonyl (C=O) groups is 7. The Balaban J connectivity index is 1.29. The minimum atomic E-state index is -4.97. The number of nitrogens with zero attached hydrogens (tertiary/aromatic N) is 3. The highest BCUT2D eigenvalue weighted by Gasteiger charge is 2.64. The number of likely N-dealkylation sites (N-methyl/N-ethyl adjacent to an activating group) is 1. The Bertz CT molecular complexity index is 2410. The second-order valence-corrected chi connectivity index (χ2v) is 24.0. The van der Waals surface area contributed by atoms with Gasteiger partial charge in [0.15, 0.2) is 11.0 Å². The molecular formula is C46H63ClN4O17S3. The molecule has 1 unspecified atom stereocenters. The highest BCUT2D eigenvalue weighted by molar-refractivity contribution is 8.77. The van der Waals surface area contributed by atoms with Gasteiger partial charge < -0.3 is 43.4 Å². The topological polar surface area (TPSA) is 275 Å². The average Bonchev–Trinajstić information content (AvgIpc) is 3.90. The first-order chi connectivity index (χ1) is 33.0. The zero-order valence-corrected chi connectivity index (χ0v) is 44.5. The number of aliphatic hydroxyl groups is 1. The number of fused-ring (bicyclic) bond motifs is 5. The number of nitrogens with one attached hydrogen (secondary N) is 1. The zero-order chi connectivity index (χ0) is 53.0. The molecule has 5 rings (SSSR count). The van der Waals surface area contributed by atoms with Crippen LogP contribution in [0.25, 0.3) is 0 Å². The van der Waals surface area contributed by atoms with Crippen LogP contribution < -0.4 is 15.0 Å². The van der Waals surface area contributed by atoms with Crippen molar-refractivity contribution in [2.45, 2.75) is 145 Å². The number of hydrogen-bond acceptors (Lipinski definition) is 18. The lowest BCUT2D eigenvalue weighted by Gasteiger charge is -2.42. The van der Waals surface area contributed by atoms with Crippen LogP contribution in [0.3, 0.4) is 0 Å². The van der Waals surface area contributed by atoms with Gasteiger partial charge in [0.2, 0.25) is 11.8 Å². The molecule has 0 spiro atoms. The number of epoxide rings is 1. The molecule has 1 aromatic rings. The van der Waals surface area contributed by atoms with E-state index in [1.807, 2.05) is 26.8 Å². The van der Waals surface area contributed by atoms with Crippen LogP contribution in [-0.4, -0.2) is 156 Å². The summed E-state index contributed by atoms with van der Waals surface area (Å²) in [7, 11) is 3.28. The number of alkyl carbamates (subject to hydrolysis) is 1. The Morgan fingerprint density at radius 3 is 2.38 bits per heavy atom. The minimum Gasteiger partial charge on any atom is -0.495 e. The predicted molar refractivity (Wildman–Crippen MR) is 261 cm³/mol. The molecule has 4 heterocycles. The van der Waals surface area contributed by atoms with E-state index < -0.39 is 122 Å². The summed E-state index contributed by atoms with van der Waals surface area (Å²) in [5, 5.41) is 12.6. The lowest BCUT2D eigenvalue weighted by molar-refractivity contribution is -0.197. The third-order valence-electron chi connectivity index (χ3n) is 13.0. The van der Waals surface area contributed by atoms with Gasteiger partial charge in [0.25, 0.3) is 21.9 Å². The smallest absolute Gasteiger partial charge is 0.409 e. The molecule has 394 valence electrons. The summed E-state index contributed by atoms with van der Waals surface area (Å²) in [6.07, 6.45) is -0.390. The highest BCUT2D eigenvalue weighted by Crippen LogP contribution is 2.49. The van der Waals surface area contributed by atoms with Crippen molar-refractivity contribution in [3.05, 3.63) is 46.5 Å². The summed E-state index contributed by atoms with van der Waals surface area (Å²) < 4.78 is 62.5. The molecule has 0 saturated carbocycles. The first-order valence-corrected chi connectivity index (χ1v) is 26.9. The van der Waals surface area contributed by atoms with Gasteiger partial charge in [-0.1, -0.05) is 63.9 Å². The van der Waals surface area contributed by atoms with Crippen molar-refractivity contribution >= 4 is 90.7 Å². The van der Waals surface area contributed by atoms with Gasteiger partial charge in [-0.3, -0.25) is 29.0 Å². The maximum atomic E-state index is 14.3. The van der Waals surface area contributed by atoms with E-state index in [-0.39, 0.29) is 47.9 Å². The van der Waals surface area contributed by atoms with Crippen LogP contribution in [0, 0.1) is 5.92 Å². The number of methoxy groups -OCH3 is 2. The number of halogens is 1. The number of amides is 5. The maximum absolute atomic E-state index is 14.3. The Labute approximate surface area is 426 Å². The van der Waals surface area contributed by atoms with Crippen molar-refractivity contribution in [2.75, 3.05) is 39.0 Å². The van der Waals surface area contributed by atoms with Crippen LogP contribution in [0.5, 0.6) is 5.75 Å². The number of hydrogen-bond donors (Lipinski definition) is 3. The van der Waals surface area contributed by atoms with Gasteiger partial charge in [0.05, 0.1) is 25.3 Å². The number of ether oxygens (including phenoxy) is 5. The lowest BCUT2D eigenvalue weighted by Crippen LogP contribution is -2.63. The van der Waals surface area contributed by atoms with Crippen LogP contribution in [-0.2, 0) is 69.1 Å². The number of hydroxylamine groups is 2. The average molecular weight is 1080 g/mol. The van der Waals surface area contributed by atoms with Crippen molar-refractivity contribution < 1.29 is 80.2 Å². The van der Waals surface area contributed by atoms with Crippen molar-refractivity contribution in [1.82, 2.24) is 15.3 Å². The monoisotopic (exact) mass is 1070 g/mol. The van der Waals surface area contributed by atoms with E-state index in [9.17, 15) is 51.6 Å². The van der Waals surface area contributed by atoms with E-state index in [2.05, 4.69) is 5.32 Å². The number of allylic oxidation sites excluding steroid dienone is 3. The van der Waals surface area contributed by atoms with Gasteiger partial charge in [0, 0.05) is 63.3 Å². The van der Waals surface area contributed by atoms with Crippen LogP contribution in [0.1, 0.15) is 92.1 Å². The molecule has 4 aliphatic rings.